The molecule has 0 bridgehead atoms. The SMILES string of the molecule is COC1CCCC(NCc2cnn(C)c2C)C1. The maximum absolute atomic E-state index is 5.44. The summed E-state index contributed by atoms with van der Waals surface area (Å²) in [7, 11) is 3.80. The van der Waals surface area contributed by atoms with Gasteiger partial charge >= 0.3 is 0 Å². The molecule has 2 atom stereocenters. The van der Waals surface area contributed by atoms with Crippen molar-refractivity contribution in [1.29, 1.82) is 0 Å². The van der Waals surface area contributed by atoms with Gasteiger partial charge in [0.1, 0.15) is 0 Å². The molecule has 4 heteroatoms. The number of aromatic nitrogens is 2. The molecule has 0 amide bonds. The Morgan fingerprint density at radius 3 is 3.00 bits per heavy atom. The first-order chi connectivity index (χ1) is 8.20. The summed E-state index contributed by atoms with van der Waals surface area (Å²) < 4.78 is 7.37. The Morgan fingerprint density at radius 1 is 1.53 bits per heavy atom. The predicted molar refractivity (Wildman–Crippen MR) is 67.8 cm³/mol. The van der Waals surface area contributed by atoms with E-state index in [1.807, 2.05) is 25.0 Å². The summed E-state index contributed by atoms with van der Waals surface area (Å²) in [6.45, 7) is 3.03. The van der Waals surface area contributed by atoms with E-state index in [4.69, 9.17) is 4.74 Å². The molecule has 17 heavy (non-hydrogen) atoms. The van der Waals surface area contributed by atoms with E-state index in [1.165, 1.54) is 30.5 Å². The van der Waals surface area contributed by atoms with Gasteiger partial charge in [0.15, 0.2) is 0 Å². The Morgan fingerprint density at radius 2 is 2.35 bits per heavy atom. The van der Waals surface area contributed by atoms with Crippen molar-refractivity contribution in [3.05, 3.63) is 17.5 Å². The lowest BCUT2D eigenvalue weighted by molar-refractivity contribution is 0.0586. The van der Waals surface area contributed by atoms with E-state index < -0.39 is 0 Å². The van der Waals surface area contributed by atoms with Crippen LogP contribution in [0.2, 0.25) is 0 Å². The van der Waals surface area contributed by atoms with E-state index >= 15 is 0 Å². The quantitative estimate of drug-likeness (QED) is 0.867. The molecule has 1 aliphatic rings. The maximum Gasteiger partial charge on any atom is 0.0586 e. The van der Waals surface area contributed by atoms with Crippen molar-refractivity contribution < 1.29 is 4.74 Å². The van der Waals surface area contributed by atoms with Gasteiger partial charge in [0, 0.05) is 38.0 Å². The van der Waals surface area contributed by atoms with Crippen molar-refractivity contribution >= 4 is 0 Å². The molecule has 1 saturated carbocycles. The van der Waals surface area contributed by atoms with Gasteiger partial charge in [-0.05, 0) is 32.6 Å². The standard InChI is InChI=1S/C13H23N3O/c1-10-11(9-15-16(10)2)8-14-12-5-4-6-13(7-12)17-3/h9,12-14H,4-8H2,1-3H3. The number of ether oxygens (including phenoxy) is 1. The molecule has 0 spiro atoms. The lowest BCUT2D eigenvalue weighted by Gasteiger charge is -2.28. The Hall–Kier alpha value is -0.870. The summed E-state index contributed by atoms with van der Waals surface area (Å²) in [5, 5.41) is 7.89. The van der Waals surface area contributed by atoms with Gasteiger partial charge in [-0.3, -0.25) is 4.68 Å². The number of aryl methyl sites for hydroxylation is 1. The van der Waals surface area contributed by atoms with Gasteiger partial charge in [-0.1, -0.05) is 0 Å². The number of nitrogens with one attached hydrogen (secondary N) is 1. The van der Waals surface area contributed by atoms with E-state index in [1.54, 1.807) is 0 Å². The van der Waals surface area contributed by atoms with Crippen molar-refractivity contribution in [1.82, 2.24) is 15.1 Å². The van der Waals surface area contributed by atoms with Crippen LogP contribution >= 0.6 is 0 Å². The molecule has 1 aromatic heterocycles. The lowest BCUT2D eigenvalue weighted by atomic mass is 9.93. The first-order valence-electron chi connectivity index (χ1n) is 6.44. The smallest absolute Gasteiger partial charge is 0.0586 e. The highest BCUT2D eigenvalue weighted by molar-refractivity contribution is 5.15. The average molecular weight is 237 g/mol. The van der Waals surface area contributed by atoms with Crippen LogP contribution in [-0.2, 0) is 18.3 Å². The second-order valence-corrected chi connectivity index (χ2v) is 4.98. The van der Waals surface area contributed by atoms with E-state index in [0.717, 1.165) is 13.0 Å². The van der Waals surface area contributed by atoms with E-state index in [2.05, 4.69) is 17.3 Å². The van der Waals surface area contributed by atoms with Gasteiger partial charge in [0.25, 0.3) is 0 Å². The van der Waals surface area contributed by atoms with Gasteiger partial charge < -0.3 is 10.1 Å². The molecule has 2 unspecified atom stereocenters. The van der Waals surface area contributed by atoms with E-state index in [-0.39, 0.29) is 0 Å². The number of hydrogen-bond acceptors (Lipinski definition) is 3. The molecule has 1 fully saturated rings. The largest absolute Gasteiger partial charge is 0.381 e. The van der Waals surface area contributed by atoms with Crippen molar-refractivity contribution in [2.75, 3.05) is 7.11 Å². The zero-order chi connectivity index (χ0) is 12.3. The fourth-order valence-corrected chi connectivity index (χ4v) is 2.52. The van der Waals surface area contributed by atoms with E-state index in [9.17, 15) is 0 Å². The van der Waals surface area contributed by atoms with Crippen LogP contribution in [0.5, 0.6) is 0 Å². The van der Waals surface area contributed by atoms with Crippen LogP contribution in [-0.4, -0.2) is 29.0 Å². The van der Waals surface area contributed by atoms with Crippen molar-refractivity contribution in [2.24, 2.45) is 7.05 Å². The van der Waals surface area contributed by atoms with E-state index in [0.29, 0.717) is 12.1 Å². The molecular weight excluding hydrogens is 214 g/mol. The zero-order valence-corrected chi connectivity index (χ0v) is 11.1. The zero-order valence-electron chi connectivity index (χ0n) is 11.1. The third-order valence-corrected chi connectivity index (χ3v) is 3.88. The second kappa shape index (κ2) is 5.65. The van der Waals surface area contributed by atoms with Crippen LogP contribution < -0.4 is 5.32 Å². The highest BCUT2D eigenvalue weighted by Crippen LogP contribution is 2.21. The molecule has 0 saturated heterocycles. The molecule has 96 valence electrons. The minimum absolute atomic E-state index is 0.441. The molecule has 0 radical (unpaired) electrons. The molecule has 0 aromatic carbocycles. The third kappa shape index (κ3) is 3.07. The van der Waals surface area contributed by atoms with Crippen LogP contribution in [0.3, 0.4) is 0 Å². The van der Waals surface area contributed by atoms with Gasteiger partial charge in [0.2, 0.25) is 0 Å². The molecule has 1 aliphatic carbocycles. The molecule has 1 heterocycles. The number of hydrogen-bond donors (Lipinski definition) is 1. The molecule has 0 aliphatic heterocycles. The van der Waals surface area contributed by atoms with Gasteiger partial charge in [-0.25, -0.2) is 0 Å². The molecular formula is C13H23N3O. The summed E-state index contributed by atoms with van der Waals surface area (Å²) in [4.78, 5) is 0. The first-order valence-corrected chi connectivity index (χ1v) is 6.44. The lowest BCUT2D eigenvalue weighted by Crippen LogP contribution is -2.36. The first kappa shape index (κ1) is 12.6. The predicted octanol–water partition coefficient (Wildman–Crippen LogP) is 1.78. The summed E-state index contributed by atoms with van der Waals surface area (Å²) in [5.74, 6) is 0. The van der Waals surface area contributed by atoms with Crippen LogP contribution in [0.25, 0.3) is 0 Å². The Labute approximate surface area is 103 Å². The third-order valence-electron chi connectivity index (χ3n) is 3.88. The maximum atomic E-state index is 5.44. The minimum Gasteiger partial charge on any atom is -0.381 e. The fraction of sp³-hybridized carbons (Fsp3) is 0.769. The minimum atomic E-state index is 0.441. The van der Waals surface area contributed by atoms with Gasteiger partial charge in [-0.2, -0.15) is 5.10 Å². The van der Waals surface area contributed by atoms with Crippen molar-refractivity contribution in [3.63, 3.8) is 0 Å². The van der Waals surface area contributed by atoms with Gasteiger partial charge in [-0.15, -0.1) is 0 Å². The van der Waals surface area contributed by atoms with Crippen molar-refractivity contribution in [3.8, 4) is 0 Å². The highest BCUT2D eigenvalue weighted by atomic mass is 16.5. The molecule has 2 rings (SSSR count). The Kier molecular flexibility index (Phi) is 4.18. The fourth-order valence-electron chi connectivity index (χ4n) is 2.52. The summed E-state index contributed by atoms with van der Waals surface area (Å²) in [6, 6.07) is 0.591. The highest BCUT2D eigenvalue weighted by Gasteiger charge is 2.21. The molecule has 1 aromatic rings. The number of methoxy groups -OCH3 is 1. The molecule has 1 N–H and O–H groups in total. The Balaban J connectivity index is 1.83. The second-order valence-electron chi connectivity index (χ2n) is 4.98. The van der Waals surface area contributed by atoms with Crippen molar-refractivity contribution in [2.45, 2.75) is 51.3 Å². The summed E-state index contributed by atoms with van der Waals surface area (Å²) in [6.07, 6.45) is 7.27. The summed E-state index contributed by atoms with van der Waals surface area (Å²) in [5.41, 5.74) is 2.55. The average Bonchev–Trinajstić information content (AvgIpc) is 2.68. The molecule has 4 nitrogen and oxygen atoms in total. The van der Waals surface area contributed by atoms with Crippen LogP contribution in [0.1, 0.15) is 36.9 Å². The number of nitrogens with zero attached hydrogens (tertiary/aromatic N) is 2. The van der Waals surface area contributed by atoms with Crippen LogP contribution in [0.4, 0.5) is 0 Å². The normalized spacial score (nSPS) is 25.1. The topological polar surface area (TPSA) is 39.1 Å². The number of rotatable bonds is 4. The van der Waals surface area contributed by atoms with Crippen LogP contribution in [0.15, 0.2) is 6.20 Å². The van der Waals surface area contributed by atoms with Crippen LogP contribution in [0, 0.1) is 6.92 Å². The monoisotopic (exact) mass is 237 g/mol. The Bertz CT molecular complexity index is 362. The van der Waals surface area contributed by atoms with Gasteiger partial charge in [0.05, 0.1) is 12.3 Å². The summed E-state index contributed by atoms with van der Waals surface area (Å²) >= 11 is 0.